The van der Waals surface area contributed by atoms with E-state index in [2.05, 4.69) is 11.9 Å². The zero-order chi connectivity index (χ0) is 16.8. The minimum Gasteiger partial charge on any atom is -0.340 e. The molecule has 0 aromatic carbocycles. The van der Waals surface area contributed by atoms with Gasteiger partial charge in [0.05, 0.1) is 0 Å². The van der Waals surface area contributed by atoms with Gasteiger partial charge in [-0.15, -0.1) is 0 Å². The summed E-state index contributed by atoms with van der Waals surface area (Å²) in [7, 11) is 0. The van der Waals surface area contributed by atoms with E-state index in [1.165, 1.54) is 0 Å². The topological polar surface area (TPSA) is 99.0 Å². The Morgan fingerprint density at radius 1 is 1.48 bits per heavy atom. The molecule has 1 aromatic rings. The second-order valence-electron chi connectivity index (χ2n) is 5.45. The number of H-pyrrole nitrogens is 1. The van der Waals surface area contributed by atoms with Crippen molar-refractivity contribution in [2.24, 2.45) is 0 Å². The lowest BCUT2D eigenvalue weighted by atomic mass is 10.2. The highest BCUT2D eigenvalue weighted by molar-refractivity contribution is 7.99. The van der Waals surface area contributed by atoms with Gasteiger partial charge in [-0.2, -0.15) is 17.0 Å². The Morgan fingerprint density at radius 3 is 2.96 bits per heavy atom. The molecule has 2 rings (SSSR count). The number of carbonyl (C=O) groups is 1. The molecule has 1 amide bonds. The van der Waals surface area contributed by atoms with Crippen molar-refractivity contribution < 1.29 is 4.79 Å². The minimum atomic E-state index is -0.726. The summed E-state index contributed by atoms with van der Waals surface area (Å²) in [5.74, 6) is 0.851. The summed E-state index contributed by atoms with van der Waals surface area (Å²) in [6.45, 7) is 3.31. The molecule has 1 fully saturated rings. The quantitative estimate of drug-likeness (QED) is 0.865. The Labute approximate surface area is 138 Å². The lowest BCUT2D eigenvalue weighted by molar-refractivity contribution is -0.131. The fraction of sp³-hybridized carbons (Fsp3) is 0.600. The first-order valence-corrected chi connectivity index (χ1v) is 8.73. The van der Waals surface area contributed by atoms with E-state index in [0.717, 1.165) is 35.8 Å². The van der Waals surface area contributed by atoms with Crippen LogP contribution in [0.5, 0.6) is 0 Å². The van der Waals surface area contributed by atoms with Gasteiger partial charge in [-0.25, -0.2) is 4.79 Å². The normalized spacial score (nSPS) is 18.3. The number of aromatic nitrogens is 2. The second-order valence-corrected chi connectivity index (χ2v) is 7.03. The monoisotopic (exact) mass is 336 g/mol. The van der Waals surface area contributed by atoms with Crippen molar-refractivity contribution in [3.05, 3.63) is 32.6 Å². The molecule has 1 aliphatic heterocycles. The molecule has 124 valence electrons. The third kappa shape index (κ3) is 4.48. The number of hydrogen-bond acceptors (Lipinski definition) is 5. The molecule has 0 bridgehead atoms. The number of rotatable bonds is 4. The summed E-state index contributed by atoms with van der Waals surface area (Å²) >= 11 is 1.85. The maximum atomic E-state index is 12.5. The fourth-order valence-corrected chi connectivity index (χ4v) is 3.74. The minimum absolute atomic E-state index is 0.159. The van der Waals surface area contributed by atoms with Crippen LogP contribution in [0.15, 0.2) is 15.8 Å². The van der Waals surface area contributed by atoms with Crippen molar-refractivity contribution in [1.82, 2.24) is 14.5 Å². The van der Waals surface area contributed by atoms with Crippen LogP contribution in [-0.4, -0.2) is 44.5 Å². The van der Waals surface area contributed by atoms with Crippen LogP contribution >= 0.6 is 11.8 Å². The van der Waals surface area contributed by atoms with Gasteiger partial charge in [0, 0.05) is 24.5 Å². The SMILES string of the molecule is CCSC1CCCCN(C(=O)Cn2cc(C#N)c(=O)[nH]c2=O)C1. The number of thioether (sulfide) groups is 1. The van der Waals surface area contributed by atoms with E-state index in [4.69, 9.17) is 5.26 Å². The summed E-state index contributed by atoms with van der Waals surface area (Å²) < 4.78 is 1.09. The zero-order valence-electron chi connectivity index (χ0n) is 13.1. The first kappa shape index (κ1) is 17.3. The van der Waals surface area contributed by atoms with Crippen LogP contribution in [0.3, 0.4) is 0 Å². The van der Waals surface area contributed by atoms with Gasteiger partial charge in [0.1, 0.15) is 18.2 Å². The van der Waals surface area contributed by atoms with Gasteiger partial charge in [0.15, 0.2) is 0 Å². The maximum Gasteiger partial charge on any atom is 0.328 e. The van der Waals surface area contributed by atoms with Crippen LogP contribution in [0, 0.1) is 11.3 Å². The number of aromatic amines is 1. The Balaban J connectivity index is 2.13. The van der Waals surface area contributed by atoms with Crippen molar-refractivity contribution >= 4 is 17.7 Å². The standard InChI is InChI=1S/C15H20N4O3S/c1-2-23-12-5-3-4-6-18(9-12)13(20)10-19-8-11(7-16)14(21)17-15(19)22/h8,12H,2-6,9-10H2,1H3,(H,17,21,22). The van der Waals surface area contributed by atoms with Crippen molar-refractivity contribution in [3.8, 4) is 6.07 Å². The number of likely N-dealkylation sites (tertiary alicyclic amines) is 1. The van der Waals surface area contributed by atoms with Crippen molar-refractivity contribution in [2.75, 3.05) is 18.8 Å². The first-order chi connectivity index (χ1) is 11.0. The van der Waals surface area contributed by atoms with Crippen LogP contribution in [-0.2, 0) is 11.3 Å². The average molecular weight is 336 g/mol. The molecule has 8 heteroatoms. The molecular formula is C15H20N4O3S. The molecular weight excluding hydrogens is 316 g/mol. The van der Waals surface area contributed by atoms with E-state index in [0.29, 0.717) is 18.3 Å². The molecule has 1 aliphatic rings. The molecule has 0 radical (unpaired) electrons. The number of nitrogens with zero attached hydrogens (tertiary/aromatic N) is 3. The third-order valence-corrected chi connectivity index (χ3v) is 5.01. The molecule has 0 aliphatic carbocycles. The van der Waals surface area contributed by atoms with E-state index in [1.807, 2.05) is 11.8 Å². The molecule has 1 N–H and O–H groups in total. The fourth-order valence-electron chi connectivity index (χ4n) is 2.65. The number of amides is 1. The van der Waals surface area contributed by atoms with Gasteiger partial charge in [-0.1, -0.05) is 13.3 Å². The Kier molecular flexibility index (Phi) is 6.04. The molecule has 2 heterocycles. The zero-order valence-corrected chi connectivity index (χ0v) is 13.9. The van der Waals surface area contributed by atoms with Crippen LogP contribution in [0.25, 0.3) is 0 Å². The van der Waals surface area contributed by atoms with Crippen LogP contribution in [0.2, 0.25) is 0 Å². The second kappa shape index (κ2) is 8.02. The van der Waals surface area contributed by atoms with Gasteiger partial charge < -0.3 is 4.90 Å². The average Bonchev–Trinajstić information content (AvgIpc) is 2.76. The smallest absolute Gasteiger partial charge is 0.328 e. The number of carbonyl (C=O) groups excluding carboxylic acids is 1. The van der Waals surface area contributed by atoms with Crippen LogP contribution < -0.4 is 11.2 Å². The van der Waals surface area contributed by atoms with E-state index in [1.54, 1.807) is 11.0 Å². The Bertz CT molecular complexity index is 719. The summed E-state index contributed by atoms with van der Waals surface area (Å²) in [5.41, 5.74) is -1.57. The van der Waals surface area contributed by atoms with E-state index in [-0.39, 0.29) is 18.0 Å². The highest BCUT2D eigenvalue weighted by Crippen LogP contribution is 2.22. The molecule has 7 nitrogen and oxygen atoms in total. The van der Waals surface area contributed by atoms with E-state index < -0.39 is 11.2 Å². The first-order valence-electron chi connectivity index (χ1n) is 7.68. The van der Waals surface area contributed by atoms with Gasteiger partial charge >= 0.3 is 5.69 Å². The summed E-state index contributed by atoms with van der Waals surface area (Å²) in [6, 6.07) is 1.72. The summed E-state index contributed by atoms with van der Waals surface area (Å²) in [5, 5.41) is 9.29. The van der Waals surface area contributed by atoms with Gasteiger partial charge in [-0.05, 0) is 18.6 Å². The third-order valence-electron chi connectivity index (χ3n) is 3.82. The number of nitriles is 1. The van der Waals surface area contributed by atoms with Gasteiger partial charge in [0.2, 0.25) is 5.91 Å². The highest BCUT2D eigenvalue weighted by Gasteiger charge is 2.22. The van der Waals surface area contributed by atoms with E-state index in [9.17, 15) is 14.4 Å². The molecule has 0 spiro atoms. The molecule has 0 saturated carbocycles. The van der Waals surface area contributed by atoms with E-state index >= 15 is 0 Å². The molecule has 23 heavy (non-hydrogen) atoms. The van der Waals surface area contributed by atoms with Crippen molar-refractivity contribution in [1.29, 1.82) is 5.26 Å². The lowest BCUT2D eigenvalue weighted by Gasteiger charge is -2.24. The molecule has 1 unspecified atom stereocenters. The van der Waals surface area contributed by atoms with Gasteiger partial charge in [-0.3, -0.25) is 19.1 Å². The van der Waals surface area contributed by atoms with Crippen LogP contribution in [0.1, 0.15) is 31.7 Å². The molecule has 1 atom stereocenters. The maximum absolute atomic E-state index is 12.5. The van der Waals surface area contributed by atoms with Crippen LogP contribution in [0.4, 0.5) is 0 Å². The van der Waals surface area contributed by atoms with Crippen molar-refractivity contribution in [2.45, 2.75) is 38.0 Å². The lowest BCUT2D eigenvalue weighted by Crippen LogP contribution is -2.41. The molecule has 1 saturated heterocycles. The predicted octanol–water partition coefficient (Wildman–Crippen LogP) is 0.542. The molecule has 1 aromatic heterocycles. The Morgan fingerprint density at radius 2 is 2.26 bits per heavy atom. The largest absolute Gasteiger partial charge is 0.340 e. The van der Waals surface area contributed by atoms with Gasteiger partial charge in [0.25, 0.3) is 5.56 Å². The Hall–Kier alpha value is -2.01. The number of hydrogen-bond donors (Lipinski definition) is 1. The van der Waals surface area contributed by atoms with Crippen molar-refractivity contribution in [3.63, 3.8) is 0 Å². The summed E-state index contributed by atoms with van der Waals surface area (Å²) in [4.78, 5) is 39.5. The summed E-state index contributed by atoms with van der Waals surface area (Å²) in [6.07, 6.45) is 4.30. The highest BCUT2D eigenvalue weighted by atomic mass is 32.2. The predicted molar refractivity (Wildman–Crippen MR) is 88.4 cm³/mol. The number of nitrogens with one attached hydrogen (secondary N) is 1.